The zero-order valence-corrected chi connectivity index (χ0v) is 8.35. The third-order valence-electron chi connectivity index (χ3n) is 1.94. The highest BCUT2D eigenvalue weighted by molar-refractivity contribution is 6.30. The van der Waals surface area contributed by atoms with Crippen LogP contribution in [-0.2, 0) is 4.79 Å². The standard InChI is InChI=1S/C9H10ClNO4/c10-4-1-2-5(6(12)3-4)8(13)7(11)9(14)15/h1-3,7-8,12-13H,11H2,(H,14,15). The molecule has 0 heterocycles. The number of phenols is 1. The molecule has 0 aliphatic rings. The Balaban J connectivity index is 3.01. The minimum atomic E-state index is -1.49. The van der Waals surface area contributed by atoms with Gasteiger partial charge in [-0.3, -0.25) is 4.79 Å². The molecule has 1 aromatic rings. The molecule has 2 atom stereocenters. The number of carbonyl (C=O) groups is 1. The van der Waals surface area contributed by atoms with Crippen molar-refractivity contribution in [3.8, 4) is 5.75 Å². The normalized spacial score (nSPS) is 14.6. The summed E-state index contributed by atoms with van der Waals surface area (Å²) in [6, 6.07) is 2.46. The number of phenolic OH excluding ortho intramolecular Hbond substituents is 1. The summed E-state index contributed by atoms with van der Waals surface area (Å²) < 4.78 is 0. The lowest BCUT2D eigenvalue weighted by molar-refractivity contribution is -0.141. The van der Waals surface area contributed by atoms with E-state index in [1.54, 1.807) is 0 Å². The number of rotatable bonds is 3. The number of aliphatic hydroxyl groups excluding tert-OH is 1. The van der Waals surface area contributed by atoms with E-state index in [0.29, 0.717) is 0 Å². The molecule has 5 nitrogen and oxygen atoms in total. The second-order valence-electron chi connectivity index (χ2n) is 3.01. The van der Waals surface area contributed by atoms with Crippen molar-refractivity contribution in [2.75, 3.05) is 0 Å². The maximum Gasteiger partial charge on any atom is 0.323 e. The summed E-state index contributed by atoms with van der Waals surface area (Å²) in [5.41, 5.74) is 5.24. The van der Waals surface area contributed by atoms with Crippen LogP contribution in [0.15, 0.2) is 18.2 Å². The molecule has 0 aromatic heterocycles. The maximum atomic E-state index is 10.5. The van der Waals surface area contributed by atoms with Gasteiger partial charge in [0.1, 0.15) is 17.9 Å². The van der Waals surface area contributed by atoms with E-state index >= 15 is 0 Å². The van der Waals surface area contributed by atoms with Crippen molar-refractivity contribution in [2.24, 2.45) is 5.73 Å². The molecule has 0 aliphatic carbocycles. The molecular weight excluding hydrogens is 222 g/mol. The van der Waals surface area contributed by atoms with Gasteiger partial charge in [-0.2, -0.15) is 0 Å². The third kappa shape index (κ3) is 2.59. The molecule has 0 fully saturated rings. The van der Waals surface area contributed by atoms with Crippen LogP contribution < -0.4 is 5.73 Å². The fourth-order valence-corrected chi connectivity index (χ4v) is 1.26. The zero-order valence-electron chi connectivity index (χ0n) is 7.59. The molecule has 0 spiro atoms. The monoisotopic (exact) mass is 231 g/mol. The van der Waals surface area contributed by atoms with Crippen molar-refractivity contribution in [3.05, 3.63) is 28.8 Å². The second kappa shape index (κ2) is 4.48. The molecule has 2 unspecified atom stereocenters. The molecule has 0 saturated heterocycles. The maximum absolute atomic E-state index is 10.5. The highest BCUT2D eigenvalue weighted by atomic mass is 35.5. The van der Waals surface area contributed by atoms with Gasteiger partial charge < -0.3 is 21.1 Å². The summed E-state index contributed by atoms with van der Waals surface area (Å²) in [7, 11) is 0. The summed E-state index contributed by atoms with van der Waals surface area (Å²) in [4.78, 5) is 10.5. The van der Waals surface area contributed by atoms with Crippen LogP contribution in [0.3, 0.4) is 0 Å². The number of carboxylic acid groups (broad SMARTS) is 1. The number of benzene rings is 1. The van der Waals surface area contributed by atoms with Crippen LogP contribution in [0, 0.1) is 0 Å². The SMILES string of the molecule is NC(C(=O)O)C(O)c1ccc(Cl)cc1O. The first-order valence-corrected chi connectivity index (χ1v) is 4.46. The van der Waals surface area contributed by atoms with Gasteiger partial charge in [0, 0.05) is 10.6 Å². The molecule has 6 heteroatoms. The van der Waals surface area contributed by atoms with Crippen molar-refractivity contribution in [3.63, 3.8) is 0 Å². The van der Waals surface area contributed by atoms with Gasteiger partial charge in [-0.1, -0.05) is 17.7 Å². The lowest BCUT2D eigenvalue weighted by atomic mass is 10.0. The first-order chi connectivity index (χ1) is 6.93. The van der Waals surface area contributed by atoms with E-state index in [4.69, 9.17) is 22.4 Å². The zero-order chi connectivity index (χ0) is 11.6. The van der Waals surface area contributed by atoms with Crippen molar-refractivity contribution >= 4 is 17.6 Å². The van der Waals surface area contributed by atoms with Gasteiger partial charge in [-0.05, 0) is 12.1 Å². The Morgan fingerprint density at radius 1 is 1.47 bits per heavy atom. The van der Waals surface area contributed by atoms with E-state index in [1.165, 1.54) is 18.2 Å². The van der Waals surface area contributed by atoms with Crippen LogP contribution in [0.25, 0.3) is 0 Å². The Hall–Kier alpha value is -1.30. The summed E-state index contributed by atoms with van der Waals surface area (Å²) in [6.07, 6.45) is -1.47. The highest BCUT2D eigenvalue weighted by Gasteiger charge is 2.25. The average Bonchev–Trinajstić information content (AvgIpc) is 2.15. The fourth-order valence-electron chi connectivity index (χ4n) is 1.10. The van der Waals surface area contributed by atoms with Crippen molar-refractivity contribution in [1.82, 2.24) is 0 Å². The van der Waals surface area contributed by atoms with E-state index in [9.17, 15) is 15.0 Å². The predicted molar refractivity (Wildman–Crippen MR) is 53.7 cm³/mol. The molecule has 0 amide bonds. The summed E-state index contributed by atoms with van der Waals surface area (Å²) >= 11 is 5.57. The second-order valence-corrected chi connectivity index (χ2v) is 3.45. The number of aliphatic hydroxyl groups is 1. The molecule has 0 bridgehead atoms. The number of nitrogens with two attached hydrogens (primary N) is 1. The highest BCUT2D eigenvalue weighted by Crippen LogP contribution is 2.28. The van der Waals surface area contributed by atoms with Crippen LogP contribution in [0.5, 0.6) is 5.75 Å². The van der Waals surface area contributed by atoms with Gasteiger partial charge in [-0.25, -0.2) is 0 Å². The molecule has 0 radical (unpaired) electrons. The molecule has 0 saturated carbocycles. The third-order valence-corrected chi connectivity index (χ3v) is 2.17. The molecule has 15 heavy (non-hydrogen) atoms. The van der Waals surface area contributed by atoms with Crippen LogP contribution in [0.4, 0.5) is 0 Å². The number of hydrogen-bond donors (Lipinski definition) is 4. The Bertz CT molecular complexity index is 382. The van der Waals surface area contributed by atoms with Gasteiger partial charge in [0.05, 0.1) is 0 Å². The average molecular weight is 232 g/mol. The van der Waals surface area contributed by atoms with Crippen molar-refractivity contribution < 1.29 is 20.1 Å². The minimum absolute atomic E-state index is 0.0364. The van der Waals surface area contributed by atoms with E-state index in [2.05, 4.69) is 0 Å². The van der Waals surface area contributed by atoms with E-state index in [1.807, 2.05) is 0 Å². The largest absolute Gasteiger partial charge is 0.508 e. The predicted octanol–water partition coefficient (Wildman–Crippen LogP) is 0.491. The summed E-state index contributed by atoms with van der Waals surface area (Å²) in [5, 5.41) is 27.8. The van der Waals surface area contributed by atoms with Gasteiger partial charge in [0.2, 0.25) is 0 Å². The quantitative estimate of drug-likeness (QED) is 0.606. The molecule has 0 aliphatic heterocycles. The molecular formula is C9H10ClNO4. The molecule has 1 aromatic carbocycles. The Labute approximate surface area is 90.7 Å². The number of halogens is 1. The lowest BCUT2D eigenvalue weighted by Gasteiger charge is -2.16. The molecule has 5 N–H and O–H groups in total. The number of aliphatic carboxylic acids is 1. The molecule has 1 rings (SSSR count). The summed E-state index contributed by atoms with van der Waals surface area (Å²) in [5.74, 6) is -1.64. The number of aromatic hydroxyl groups is 1. The Morgan fingerprint density at radius 3 is 2.53 bits per heavy atom. The minimum Gasteiger partial charge on any atom is -0.508 e. The number of hydrogen-bond acceptors (Lipinski definition) is 4. The smallest absolute Gasteiger partial charge is 0.323 e. The van der Waals surface area contributed by atoms with E-state index in [-0.39, 0.29) is 16.3 Å². The van der Waals surface area contributed by atoms with Gasteiger partial charge in [0.15, 0.2) is 0 Å². The van der Waals surface area contributed by atoms with E-state index < -0.39 is 18.1 Å². The fraction of sp³-hybridized carbons (Fsp3) is 0.222. The first-order valence-electron chi connectivity index (χ1n) is 4.08. The number of carboxylic acids is 1. The van der Waals surface area contributed by atoms with Gasteiger partial charge in [-0.15, -0.1) is 0 Å². The van der Waals surface area contributed by atoms with Gasteiger partial charge >= 0.3 is 5.97 Å². The van der Waals surface area contributed by atoms with Crippen LogP contribution >= 0.6 is 11.6 Å². The summed E-state index contributed by atoms with van der Waals surface area (Å²) in [6.45, 7) is 0. The van der Waals surface area contributed by atoms with Crippen molar-refractivity contribution in [2.45, 2.75) is 12.1 Å². The van der Waals surface area contributed by atoms with Crippen LogP contribution in [0.2, 0.25) is 5.02 Å². The Morgan fingerprint density at radius 2 is 2.07 bits per heavy atom. The van der Waals surface area contributed by atoms with E-state index in [0.717, 1.165) is 0 Å². The molecule has 82 valence electrons. The van der Waals surface area contributed by atoms with Crippen LogP contribution in [-0.4, -0.2) is 27.3 Å². The van der Waals surface area contributed by atoms with Crippen LogP contribution in [0.1, 0.15) is 11.7 Å². The van der Waals surface area contributed by atoms with Gasteiger partial charge in [0.25, 0.3) is 0 Å². The topological polar surface area (TPSA) is 104 Å². The Kier molecular flexibility index (Phi) is 3.52. The lowest BCUT2D eigenvalue weighted by Crippen LogP contribution is -2.36. The van der Waals surface area contributed by atoms with Crippen molar-refractivity contribution in [1.29, 1.82) is 0 Å². The first kappa shape index (κ1) is 11.8.